The van der Waals surface area contributed by atoms with Gasteiger partial charge in [-0.1, -0.05) is 24.3 Å². The van der Waals surface area contributed by atoms with Crippen molar-refractivity contribution in [3.05, 3.63) is 70.3 Å². The molecule has 3 N–H and O–H groups in total. The molecule has 0 fully saturated rings. The highest BCUT2D eigenvalue weighted by Gasteiger charge is 2.16. The Morgan fingerprint density at radius 2 is 1.96 bits per heavy atom. The lowest BCUT2D eigenvalue weighted by molar-refractivity contribution is -0.908. The molecule has 1 unspecified atom stereocenters. The number of nitrogens with two attached hydrogens (primary N) is 1. The molecule has 7 nitrogen and oxygen atoms in total. The van der Waals surface area contributed by atoms with Crippen LogP contribution in [0.25, 0.3) is 10.9 Å². The Balaban J connectivity index is 1.92. The zero-order valence-electron chi connectivity index (χ0n) is 15.4. The first-order valence-electron chi connectivity index (χ1n) is 8.69. The average Bonchev–Trinajstić information content (AvgIpc) is 2.64. The van der Waals surface area contributed by atoms with Crippen LogP contribution in [0.15, 0.2) is 53.3 Å². The number of nitrogens with one attached hydrogen (secondary N) is 1. The van der Waals surface area contributed by atoms with E-state index < -0.39 is 5.91 Å². The minimum atomic E-state index is -0.569. The molecule has 1 atom stereocenters. The van der Waals surface area contributed by atoms with Crippen LogP contribution in [0.4, 0.5) is 0 Å². The molecule has 0 saturated heterocycles. The second-order valence-electron chi connectivity index (χ2n) is 6.56. The van der Waals surface area contributed by atoms with Crippen molar-refractivity contribution in [3.8, 4) is 5.75 Å². The van der Waals surface area contributed by atoms with E-state index in [4.69, 9.17) is 10.5 Å². The number of fused-ring (bicyclic) bond motifs is 1. The van der Waals surface area contributed by atoms with E-state index >= 15 is 0 Å². The van der Waals surface area contributed by atoms with Crippen molar-refractivity contribution in [3.63, 3.8) is 0 Å². The van der Waals surface area contributed by atoms with Crippen LogP contribution in [-0.4, -0.2) is 29.6 Å². The Morgan fingerprint density at radius 3 is 2.70 bits per heavy atom. The van der Waals surface area contributed by atoms with Crippen LogP contribution in [0.2, 0.25) is 0 Å². The van der Waals surface area contributed by atoms with Crippen molar-refractivity contribution in [2.24, 2.45) is 5.73 Å². The van der Waals surface area contributed by atoms with Gasteiger partial charge in [0, 0.05) is 5.56 Å². The normalized spacial score (nSPS) is 12.1. The number of hydrogen-bond donors (Lipinski definition) is 2. The molecule has 0 bridgehead atoms. The Hall–Kier alpha value is -3.19. The lowest BCUT2D eigenvalue weighted by Crippen LogP contribution is -3.06. The van der Waals surface area contributed by atoms with Crippen LogP contribution in [0.3, 0.4) is 0 Å². The molecule has 1 amide bonds. The maximum atomic E-state index is 12.8. The summed E-state index contributed by atoms with van der Waals surface area (Å²) in [6.45, 7) is 1.01. The minimum Gasteiger partial charge on any atom is -0.497 e. The summed E-state index contributed by atoms with van der Waals surface area (Å²) in [6, 6.07) is 15.0. The minimum absolute atomic E-state index is 0.182. The van der Waals surface area contributed by atoms with Crippen molar-refractivity contribution in [2.75, 3.05) is 14.2 Å². The van der Waals surface area contributed by atoms with E-state index in [9.17, 15) is 9.59 Å². The standard InChI is InChI=1S/C20H22N4O3/c1-23(11-14-6-5-7-15(10-14)27-2)13-19-22-17-9-4-3-8-16(17)20(26)24(19)12-18(21)25/h3-10H,11-13H2,1-2H3,(H2,21,25)/p+1. The van der Waals surface area contributed by atoms with Gasteiger partial charge in [0.1, 0.15) is 25.4 Å². The van der Waals surface area contributed by atoms with Crippen LogP contribution >= 0.6 is 0 Å². The number of quaternary nitrogens is 1. The number of benzene rings is 2. The lowest BCUT2D eigenvalue weighted by Gasteiger charge is -2.17. The van der Waals surface area contributed by atoms with Gasteiger partial charge in [-0.2, -0.15) is 0 Å². The van der Waals surface area contributed by atoms with Crippen LogP contribution in [0, 0.1) is 0 Å². The van der Waals surface area contributed by atoms with Gasteiger partial charge < -0.3 is 15.4 Å². The number of carbonyl (C=O) groups excluding carboxylic acids is 1. The molecule has 7 heteroatoms. The van der Waals surface area contributed by atoms with Crippen molar-refractivity contribution < 1.29 is 14.4 Å². The molecule has 27 heavy (non-hydrogen) atoms. The second kappa shape index (κ2) is 8.01. The fraction of sp³-hybridized carbons (Fsp3) is 0.250. The summed E-state index contributed by atoms with van der Waals surface area (Å²) in [6.07, 6.45) is 0. The van der Waals surface area contributed by atoms with E-state index in [0.29, 0.717) is 23.3 Å². The second-order valence-corrected chi connectivity index (χ2v) is 6.56. The average molecular weight is 367 g/mol. The number of carbonyl (C=O) groups is 1. The lowest BCUT2D eigenvalue weighted by atomic mass is 10.2. The Bertz CT molecular complexity index is 1030. The number of hydrogen-bond acceptors (Lipinski definition) is 4. The number of aromatic nitrogens is 2. The topological polar surface area (TPSA) is 91.7 Å². The molecule has 2 aromatic carbocycles. The van der Waals surface area contributed by atoms with Gasteiger partial charge in [0.25, 0.3) is 5.56 Å². The van der Waals surface area contributed by atoms with E-state index in [0.717, 1.165) is 22.8 Å². The molecular formula is C20H23N4O3+. The van der Waals surface area contributed by atoms with Crippen LogP contribution < -0.4 is 20.9 Å². The summed E-state index contributed by atoms with van der Waals surface area (Å²) in [7, 11) is 3.65. The van der Waals surface area contributed by atoms with Gasteiger partial charge in [-0.05, 0) is 24.3 Å². The summed E-state index contributed by atoms with van der Waals surface area (Å²) in [5.74, 6) is 0.772. The molecule has 0 aliphatic carbocycles. The number of amides is 1. The molecule has 3 rings (SSSR count). The van der Waals surface area contributed by atoms with Crippen LogP contribution in [0.5, 0.6) is 5.75 Å². The van der Waals surface area contributed by atoms with Crippen molar-refractivity contribution in [1.82, 2.24) is 9.55 Å². The number of methoxy groups -OCH3 is 1. The number of ether oxygens (including phenoxy) is 1. The molecule has 0 aliphatic heterocycles. The van der Waals surface area contributed by atoms with Gasteiger partial charge in [-0.3, -0.25) is 14.2 Å². The Morgan fingerprint density at radius 1 is 1.19 bits per heavy atom. The van der Waals surface area contributed by atoms with Crippen molar-refractivity contribution in [2.45, 2.75) is 19.6 Å². The Labute approximate surface area is 157 Å². The van der Waals surface area contributed by atoms with E-state index in [2.05, 4.69) is 4.98 Å². The highest BCUT2D eigenvalue weighted by atomic mass is 16.5. The third kappa shape index (κ3) is 4.32. The van der Waals surface area contributed by atoms with Gasteiger partial charge in [0.15, 0.2) is 5.82 Å². The number of para-hydroxylation sites is 1. The number of rotatable bonds is 7. The summed E-state index contributed by atoms with van der Waals surface area (Å²) in [4.78, 5) is 30.0. The third-order valence-electron chi connectivity index (χ3n) is 4.35. The van der Waals surface area contributed by atoms with E-state index in [-0.39, 0.29) is 12.1 Å². The van der Waals surface area contributed by atoms with Crippen molar-refractivity contribution in [1.29, 1.82) is 0 Å². The van der Waals surface area contributed by atoms with E-state index in [1.807, 2.05) is 37.4 Å². The van der Waals surface area contributed by atoms with E-state index in [1.54, 1.807) is 25.3 Å². The maximum Gasteiger partial charge on any atom is 0.262 e. The maximum absolute atomic E-state index is 12.8. The summed E-state index contributed by atoms with van der Waals surface area (Å²) in [5.41, 5.74) is 6.82. The molecule has 140 valence electrons. The van der Waals surface area contributed by atoms with Gasteiger partial charge in [0.2, 0.25) is 5.91 Å². The number of nitrogens with zero attached hydrogens (tertiary/aromatic N) is 2. The monoisotopic (exact) mass is 367 g/mol. The van der Waals surface area contributed by atoms with Crippen LogP contribution in [0.1, 0.15) is 11.4 Å². The Kier molecular flexibility index (Phi) is 5.52. The molecule has 1 aromatic heterocycles. The first-order valence-corrected chi connectivity index (χ1v) is 8.69. The molecule has 0 aliphatic rings. The summed E-state index contributed by atoms with van der Waals surface area (Å²) in [5, 5.41) is 0.480. The highest BCUT2D eigenvalue weighted by Crippen LogP contribution is 2.12. The summed E-state index contributed by atoms with van der Waals surface area (Å²) < 4.78 is 6.64. The highest BCUT2D eigenvalue weighted by molar-refractivity contribution is 5.78. The van der Waals surface area contributed by atoms with Crippen LogP contribution in [-0.2, 0) is 24.4 Å². The predicted molar refractivity (Wildman–Crippen MR) is 102 cm³/mol. The first-order chi connectivity index (χ1) is 13.0. The molecule has 0 spiro atoms. The molecule has 0 radical (unpaired) electrons. The van der Waals surface area contributed by atoms with Gasteiger partial charge in [-0.25, -0.2) is 4.98 Å². The molecule has 0 saturated carbocycles. The largest absolute Gasteiger partial charge is 0.497 e. The SMILES string of the molecule is COc1cccc(C[NH+](C)Cc2nc3ccccc3c(=O)n2CC(N)=O)c1. The van der Waals surface area contributed by atoms with Crippen molar-refractivity contribution >= 4 is 16.8 Å². The fourth-order valence-corrected chi connectivity index (χ4v) is 3.13. The molecule has 3 aromatic rings. The third-order valence-corrected chi connectivity index (χ3v) is 4.35. The van der Waals surface area contributed by atoms with Gasteiger partial charge in [-0.15, -0.1) is 0 Å². The van der Waals surface area contributed by atoms with Gasteiger partial charge >= 0.3 is 0 Å². The quantitative estimate of drug-likeness (QED) is 0.620. The zero-order valence-corrected chi connectivity index (χ0v) is 15.4. The van der Waals surface area contributed by atoms with E-state index in [1.165, 1.54) is 4.57 Å². The number of primary amides is 1. The molecular weight excluding hydrogens is 344 g/mol. The predicted octanol–water partition coefficient (Wildman–Crippen LogP) is 0.105. The summed E-state index contributed by atoms with van der Waals surface area (Å²) >= 11 is 0. The van der Waals surface area contributed by atoms with Gasteiger partial charge in [0.05, 0.1) is 25.1 Å². The zero-order chi connectivity index (χ0) is 19.4. The molecule has 1 heterocycles. The fourth-order valence-electron chi connectivity index (χ4n) is 3.13. The smallest absolute Gasteiger partial charge is 0.262 e. The first kappa shape index (κ1) is 18.6.